The Hall–Kier alpha value is -1.73. The molecule has 0 spiro atoms. The minimum absolute atomic E-state index is 0.0205. The highest BCUT2D eigenvalue weighted by Crippen LogP contribution is 2.07. The van der Waals surface area contributed by atoms with Crippen molar-refractivity contribution in [2.75, 3.05) is 44.4 Å². The number of hydrogen-bond acceptors (Lipinski definition) is 6. The van der Waals surface area contributed by atoms with E-state index in [2.05, 4.69) is 9.97 Å². The fourth-order valence-electron chi connectivity index (χ4n) is 1.57. The van der Waals surface area contributed by atoms with Crippen LogP contribution < -0.4 is 4.90 Å². The molecule has 0 saturated heterocycles. The molecule has 112 valence electrons. The molecule has 0 amide bonds. The van der Waals surface area contributed by atoms with Gasteiger partial charge in [-0.1, -0.05) is 0 Å². The van der Waals surface area contributed by atoms with Gasteiger partial charge in [-0.05, 0) is 19.9 Å². The Morgan fingerprint density at radius 3 is 2.35 bits per heavy atom. The standard InChI is InChI=1S/C13H21N3O4/c1-3-19-9-7-16(8-10-20-4-2)13-14-6-5-11(15-13)12(17)18/h5-6H,3-4,7-10H2,1-2H3,(H,17,18). The summed E-state index contributed by atoms with van der Waals surface area (Å²) < 4.78 is 10.6. The summed E-state index contributed by atoms with van der Waals surface area (Å²) >= 11 is 0. The number of hydrogen-bond donors (Lipinski definition) is 1. The number of rotatable bonds is 10. The molecule has 1 heterocycles. The van der Waals surface area contributed by atoms with Crippen LogP contribution in [0.3, 0.4) is 0 Å². The summed E-state index contributed by atoms with van der Waals surface area (Å²) in [5.41, 5.74) is -0.0205. The SMILES string of the molecule is CCOCCN(CCOCC)c1nccc(C(=O)O)n1. The normalized spacial score (nSPS) is 10.5. The van der Waals surface area contributed by atoms with Crippen LogP contribution in [0.25, 0.3) is 0 Å². The second-order valence-corrected chi connectivity index (χ2v) is 3.93. The van der Waals surface area contributed by atoms with E-state index < -0.39 is 5.97 Å². The maximum Gasteiger partial charge on any atom is 0.354 e. The van der Waals surface area contributed by atoms with Crippen molar-refractivity contribution in [3.05, 3.63) is 18.0 Å². The highest BCUT2D eigenvalue weighted by Gasteiger charge is 2.12. The molecule has 0 bridgehead atoms. The first-order valence-corrected chi connectivity index (χ1v) is 6.65. The summed E-state index contributed by atoms with van der Waals surface area (Å²) in [4.78, 5) is 21.0. The van der Waals surface area contributed by atoms with Gasteiger partial charge in [0.2, 0.25) is 5.95 Å². The van der Waals surface area contributed by atoms with Crippen LogP contribution in [-0.4, -0.2) is 60.6 Å². The minimum Gasteiger partial charge on any atom is -0.477 e. The van der Waals surface area contributed by atoms with E-state index in [4.69, 9.17) is 14.6 Å². The molecule has 20 heavy (non-hydrogen) atoms. The lowest BCUT2D eigenvalue weighted by Gasteiger charge is -2.22. The number of anilines is 1. The molecule has 0 aromatic carbocycles. The van der Waals surface area contributed by atoms with Crippen molar-refractivity contribution >= 4 is 11.9 Å². The van der Waals surface area contributed by atoms with E-state index in [0.29, 0.717) is 45.5 Å². The smallest absolute Gasteiger partial charge is 0.354 e. The molecule has 0 fully saturated rings. The van der Waals surface area contributed by atoms with Crippen molar-refractivity contribution in [1.82, 2.24) is 9.97 Å². The van der Waals surface area contributed by atoms with E-state index in [9.17, 15) is 4.79 Å². The summed E-state index contributed by atoms with van der Waals surface area (Å²) in [6.07, 6.45) is 1.44. The Bertz CT molecular complexity index is 404. The summed E-state index contributed by atoms with van der Waals surface area (Å²) in [6.45, 7) is 7.35. The van der Waals surface area contributed by atoms with Crippen LogP contribution in [0.4, 0.5) is 5.95 Å². The van der Waals surface area contributed by atoms with Gasteiger partial charge in [0.25, 0.3) is 0 Å². The van der Waals surface area contributed by atoms with Gasteiger partial charge in [-0.15, -0.1) is 0 Å². The van der Waals surface area contributed by atoms with Gasteiger partial charge in [0.15, 0.2) is 5.69 Å². The van der Waals surface area contributed by atoms with Crippen LogP contribution in [0, 0.1) is 0 Å². The lowest BCUT2D eigenvalue weighted by Crippen LogP contribution is -2.33. The third kappa shape index (κ3) is 5.50. The van der Waals surface area contributed by atoms with E-state index in [1.165, 1.54) is 12.3 Å². The van der Waals surface area contributed by atoms with Gasteiger partial charge in [0.1, 0.15) is 0 Å². The number of ether oxygens (including phenoxy) is 2. The van der Waals surface area contributed by atoms with Gasteiger partial charge in [-0.2, -0.15) is 0 Å². The van der Waals surface area contributed by atoms with Crippen LogP contribution in [-0.2, 0) is 9.47 Å². The van der Waals surface area contributed by atoms with Crippen molar-refractivity contribution in [2.45, 2.75) is 13.8 Å². The van der Waals surface area contributed by atoms with Gasteiger partial charge in [0.05, 0.1) is 13.2 Å². The highest BCUT2D eigenvalue weighted by atomic mass is 16.5. The predicted octanol–water partition coefficient (Wildman–Crippen LogP) is 1.05. The molecule has 1 N–H and O–H groups in total. The second-order valence-electron chi connectivity index (χ2n) is 3.93. The average molecular weight is 283 g/mol. The molecule has 1 rings (SSSR count). The monoisotopic (exact) mass is 283 g/mol. The second kappa shape index (κ2) is 9.22. The number of aromatic nitrogens is 2. The first-order valence-electron chi connectivity index (χ1n) is 6.65. The van der Waals surface area contributed by atoms with E-state index in [1.807, 2.05) is 18.7 Å². The minimum atomic E-state index is -1.07. The van der Waals surface area contributed by atoms with Gasteiger partial charge < -0.3 is 19.5 Å². The van der Waals surface area contributed by atoms with Crippen LogP contribution >= 0.6 is 0 Å². The number of carbonyl (C=O) groups is 1. The Morgan fingerprint density at radius 2 is 1.85 bits per heavy atom. The van der Waals surface area contributed by atoms with Gasteiger partial charge in [-0.3, -0.25) is 0 Å². The molecule has 7 nitrogen and oxygen atoms in total. The topological polar surface area (TPSA) is 84.8 Å². The molecule has 1 aromatic heterocycles. The molecule has 1 aromatic rings. The first kappa shape index (κ1) is 16.3. The maximum atomic E-state index is 10.9. The quantitative estimate of drug-likeness (QED) is 0.642. The summed E-state index contributed by atoms with van der Waals surface area (Å²) in [5.74, 6) is -0.687. The van der Waals surface area contributed by atoms with Crippen LogP contribution in [0.1, 0.15) is 24.3 Å². The Kier molecular flexibility index (Phi) is 7.52. The third-order valence-electron chi connectivity index (χ3n) is 2.56. The number of carboxylic acid groups (broad SMARTS) is 1. The zero-order valence-electron chi connectivity index (χ0n) is 11.9. The fraction of sp³-hybridized carbons (Fsp3) is 0.615. The molecule has 0 aliphatic heterocycles. The fourth-order valence-corrected chi connectivity index (χ4v) is 1.57. The molecular formula is C13H21N3O4. The molecule has 7 heteroatoms. The highest BCUT2D eigenvalue weighted by molar-refractivity contribution is 5.85. The zero-order valence-corrected chi connectivity index (χ0v) is 11.9. The molecule has 0 atom stereocenters. The summed E-state index contributed by atoms with van der Waals surface area (Å²) in [7, 11) is 0. The Labute approximate surface area is 118 Å². The molecular weight excluding hydrogens is 262 g/mol. The van der Waals surface area contributed by atoms with Crippen molar-refractivity contribution in [1.29, 1.82) is 0 Å². The van der Waals surface area contributed by atoms with Crippen molar-refractivity contribution in [3.8, 4) is 0 Å². The van der Waals surface area contributed by atoms with E-state index in [-0.39, 0.29) is 5.69 Å². The molecule has 0 aliphatic carbocycles. The number of carboxylic acids is 1. The molecule has 0 saturated carbocycles. The Morgan fingerprint density at radius 1 is 1.25 bits per heavy atom. The molecule has 0 unspecified atom stereocenters. The number of nitrogens with zero attached hydrogens (tertiary/aromatic N) is 3. The third-order valence-corrected chi connectivity index (χ3v) is 2.56. The van der Waals surface area contributed by atoms with Crippen molar-refractivity contribution in [3.63, 3.8) is 0 Å². The lowest BCUT2D eigenvalue weighted by molar-refractivity contribution is 0.0690. The van der Waals surface area contributed by atoms with E-state index in [0.717, 1.165) is 0 Å². The zero-order chi connectivity index (χ0) is 14.8. The molecule has 0 radical (unpaired) electrons. The van der Waals surface area contributed by atoms with Crippen molar-refractivity contribution < 1.29 is 19.4 Å². The average Bonchev–Trinajstić information content (AvgIpc) is 2.46. The van der Waals surface area contributed by atoms with Gasteiger partial charge in [0, 0.05) is 32.5 Å². The van der Waals surface area contributed by atoms with Gasteiger partial charge >= 0.3 is 5.97 Å². The van der Waals surface area contributed by atoms with Gasteiger partial charge in [-0.25, -0.2) is 14.8 Å². The van der Waals surface area contributed by atoms with Crippen LogP contribution in [0.15, 0.2) is 12.3 Å². The van der Waals surface area contributed by atoms with E-state index in [1.54, 1.807) is 0 Å². The largest absolute Gasteiger partial charge is 0.477 e. The Balaban J connectivity index is 2.73. The van der Waals surface area contributed by atoms with Crippen molar-refractivity contribution in [2.24, 2.45) is 0 Å². The summed E-state index contributed by atoms with van der Waals surface area (Å²) in [6, 6.07) is 1.37. The van der Waals surface area contributed by atoms with E-state index >= 15 is 0 Å². The summed E-state index contributed by atoms with van der Waals surface area (Å²) in [5, 5.41) is 8.96. The lowest BCUT2D eigenvalue weighted by atomic mass is 10.4. The maximum absolute atomic E-state index is 10.9. The first-order chi connectivity index (χ1) is 9.69. The van der Waals surface area contributed by atoms with Crippen LogP contribution in [0.2, 0.25) is 0 Å². The van der Waals surface area contributed by atoms with Crippen LogP contribution in [0.5, 0.6) is 0 Å². The number of aromatic carboxylic acids is 1. The molecule has 0 aliphatic rings. The predicted molar refractivity (Wildman–Crippen MR) is 74.2 cm³/mol.